The Morgan fingerprint density at radius 3 is 1.67 bits per heavy atom. The van der Waals surface area contributed by atoms with Crippen LogP contribution in [-0.4, -0.2) is 44.9 Å². The number of anilines is 2. The molecule has 0 aliphatic heterocycles. The molecule has 0 radical (unpaired) electrons. The second-order valence-corrected chi connectivity index (χ2v) is 11.9. The molecule has 0 spiro atoms. The number of amides is 1. The largest absolute Gasteiger partial charge is 1.00 e. The van der Waals surface area contributed by atoms with E-state index < -0.39 is 5.60 Å². The smallest absolute Gasteiger partial charge is 0.850 e. The van der Waals surface area contributed by atoms with Gasteiger partial charge < -0.3 is 35.1 Å². The number of ether oxygens (including phenoxy) is 4. The molecule has 0 bridgehead atoms. The molecule has 4 aromatic rings. The topological polar surface area (TPSA) is 132 Å². The summed E-state index contributed by atoms with van der Waals surface area (Å²) >= 11 is 0. The van der Waals surface area contributed by atoms with E-state index in [2.05, 4.69) is 23.2 Å². The number of nitrogens with one attached hydrogen (secondary N) is 1. The summed E-state index contributed by atoms with van der Waals surface area (Å²) in [5.41, 5.74) is 10.6. The first-order valence-corrected chi connectivity index (χ1v) is 15.9. The second kappa shape index (κ2) is 25.1. The molecule has 0 saturated heterocycles. The third-order valence-corrected chi connectivity index (χ3v) is 6.12. The van der Waals surface area contributed by atoms with Gasteiger partial charge in [0.1, 0.15) is 19.0 Å². The van der Waals surface area contributed by atoms with Gasteiger partial charge in [0, 0.05) is 16.9 Å². The van der Waals surface area contributed by atoms with E-state index in [1.807, 2.05) is 69.3 Å². The summed E-state index contributed by atoms with van der Waals surface area (Å²) in [4.78, 5) is 23.5. The van der Waals surface area contributed by atoms with Gasteiger partial charge in [-0.1, -0.05) is 81.5 Å². The van der Waals surface area contributed by atoms with Gasteiger partial charge in [-0.05, 0) is 87.0 Å². The van der Waals surface area contributed by atoms with Crippen LogP contribution in [0.2, 0.25) is 0 Å². The molecule has 0 heterocycles. The Kier molecular flexibility index (Phi) is 23.2. The molecule has 0 unspecified atom stereocenters. The van der Waals surface area contributed by atoms with Crippen molar-refractivity contribution >= 4 is 23.3 Å². The summed E-state index contributed by atoms with van der Waals surface area (Å²) in [5, 5.41) is 13.0. The van der Waals surface area contributed by atoms with Crippen molar-refractivity contribution in [3.8, 4) is 17.2 Å². The maximum atomic E-state index is 12.3. The number of hydrogen-bond donors (Lipinski definition) is 2. The van der Waals surface area contributed by atoms with Crippen molar-refractivity contribution in [3.63, 3.8) is 0 Å². The Labute approximate surface area is 346 Å². The Morgan fingerprint density at radius 1 is 0.745 bits per heavy atom. The second-order valence-electron chi connectivity index (χ2n) is 11.9. The first-order chi connectivity index (χ1) is 23.6. The predicted octanol–water partition coefficient (Wildman–Crippen LogP) is 4.89. The first kappa shape index (κ1) is 47.1. The summed E-state index contributed by atoms with van der Waals surface area (Å²) in [7, 11) is 2.90. The molecule has 10 heteroatoms. The number of carbonyl (C=O) groups is 2. The molecule has 0 fully saturated rings. The zero-order valence-corrected chi connectivity index (χ0v) is 34.6. The number of benzene rings is 4. The van der Waals surface area contributed by atoms with Gasteiger partial charge in [0.25, 0.3) is 5.91 Å². The molecule has 0 aliphatic rings. The van der Waals surface area contributed by atoms with Crippen molar-refractivity contribution in [2.75, 3.05) is 38.5 Å². The van der Waals surface area contributed by atoms with E-state index in [-0.39, 0.29) is 63.3 Å². The number of rotatable bonds is 10. The fraction of sp³-hybridized carbons (Fsp3) is 0.268. The van der Waals surface area contributed by atoms with E-state index in [9.17, 15) is 14.7 Å². The zero-order chi connectivity index (χ0) is 37.7. The Hall–Kier alpha value is -3.90. The molecule has 3 N–H and O–H groups in total. The van der Waals surface area contributed by atoms with Crippen LogP contribution in [-0.2, 0) is 4.74 Å². The van der Waals surface area contributed by atoms with Crippen LogP contribution in [0.5, 0.6) is 17.2 Å². The van der Waals surface area contributed by atoms with Crippen LogP contribution in [0.15, 0.2) is 110 Å². The maximum Gasteiger partial charge on any atom is 1.00 e. The van der Waals surface area contributed by atoms with Gasteiger partial charge >= 0.3 is 57.4 Å². The fourth-order valence-electron chi connectivity index (χ4n) is 3.69. The van der Waals surface area contributed by atoms with E-state index in [0.717, 1.165) is 28.3 Å². The molecule has 0 atom stereocenters. The molecule has 0 aliphatic carbocycles. The quantitative estimate of drug-likeness (QED) is 0.102. The summed E-state index contributed by atoms with van der Waals surface area (Å²) in [6.07, 6.45) is 3.32. The molecule has 4 rings (SSSR count). The van der Waals surface area contributed by atoms with Crippen LogP contribution in [0.1, 0.15) is 58.2 Å². The molecule has 0 saturated carbocycles. The molecule has 0 aromatic heterocycles. The van der Waals surface area contributed by atoms with Gasteiger partial charge in [-0.15, -0.1) is 5.60 Å². The predicted molar refractivity (Wildman–Crippen MR) is 201 cm³/mol. The molecule has 9 nitrogen and oxygen atoms in total. The van der Waals surface area contributed by atoms with Crippen molar-refractivity contribution in [2.45, 2.75) is 47.1 Å². The van der Waals surface area contributed by atoms with Gasteiger partial charge in [0.15, 0.2) is 11.5 Å². The first-order valence-electron chi connectivity index (χ1n) is 15.9. The Morgan fingerprint density at radius 2 is 1.22 bits per heavy atom. The van der Waals surface area contributed by atoms with Gasteiger partial charge in [0.05, 0.1) is 19.8 Å². The average molecular weight is 723 g/mol. The van der Waals surface area contributed by atoms with Gasteiger partial charge in [-0.25, -0.2) is 4.79 Å². The van der Waals surface area contributed by atoms with Crippen LogP contribution in [0.3, 0.4) is 0 Å². The number of nitrogen functional groups attached to an aromatic ring is 1. The van der Waals surface area contributed by atoms with Crippen LogP contribution >= 0.6 is 0 Å². The minimum Gasteiger partial charge on any atom is -0.850 e. The summed E-state index contributed by atoms with van der Waals surface area (Å²) < 4.78 is 20.7. The maximum absolute atomic E-state index is 12.3. The van der Waals surface area contributed by atoms with Crippen LogP contribution in [0.4, 0.5) is 11.4 Å². The van der Waals surface area contributed by atoms with Crippen molar-refractivity contribution in [2.24, 2.45) is 0 Å². The van der Waals surface area contributed by atoms with Crippen molar-refractivity contribution in [1.29, 1.82) is 0 Å². The Balaban J connectivity index is 0.000000741. The molecular weight excluding hydrogens is 672 g/mol. The van der Waals surface area contributed by atoms with E-state index in [1.165, 1.54) is 19.8 Å². The number of methoxy groups -OCH3 is 2. The van der Waals surface area contributed by atoms with E-state index in [4.69, 9.17) is 19.9 Å². The van der Waals surface area contributed by atoms with E-state index in [1.54, 1.807) is 69.3 Å². The third kappa shape index (κ3) is 20.5. The van der Waals surface area contributed by atoms with Crippen molar-refractivity contribution in [3.05, 3.63) is 138 Å². The molecule has 51 heavy (non-hydrogen) atoms. The van der Waals surface area contributed by atoms with Crippen molar-refractivity contribution < 1.29 is 85.0 Å². The zero-order valence-electron chi connectivity index (χ0n) is 31.5. The SMILES string of the molecule is C=CCOc1ccc(C(=O)Nc2ccc(C)cc2)cc1OC.C=CCOc1ccc(C(=O)OC)cc1C.CC(C)(C)[O-].Cc1ccc(N)cc1.[K+]. The standard InChI is InChI=1S/C18H19NO3.C12H14O3.C7H9N.C4H9O.K/c1-4-11-22-16-10-7-14(12-17(16)21-3)18(20)19-15-8-5-13(2)6-9-15;1-4-7-15-11-6-5-10(8-9(11)2)12(13)14-3;1-6-2-4-7(8)5-3-6;1-4(2,3)5;/h4-10,12H,1,11H2,2-3H3,(H,19,20);4-6,8H,1,7H2,2-3H3;2-5H,8H2,1H3;1-3H3;/q;;;-1;+1. The minimum atomic E-state index is -0.750. The monoisotopic (exact) mass is 722 g/mol. The van der Waals surface area contributed by atoms with Crippen LogP contribution < -0.4 is 81.8 Å². The number of nitrogens with two attached hydrogens (primary N) is 1. The third-order valence-electron chi connectivity index (χ3n) is 6.12. The van der Waals surface area contributed by atoms with Crippen molar-refractivity contribution in [1.82, 2.24) is 0 Å². The number of esters is 1. The molecule has 268 valence electrons. The van der Waals surface area contributed by atoms with E-state index >= 15 is 0 Å². The molecular formula is C41H51KN2O7. The fourth-order valence-corrected chi connectivity index (χ4v) is 3.69. The van der Waals surface area contributed by atoms with Gasteiger partial charge in [-0.2, -0.15) is 0 Å². The summed E-state index contributed by atoms with van der Waals surface area (Å²) in [6.45, 7) is 18.8. The van der Waals surface area contributed by atoms with Gasteiger partial charge in [-0.3, -0.25) is 4.79 Å². The van der Waals surface area contributed by atoms with Crippen LogP contribution in [0, 0.1) is 20.8 Å². The summed E-state index contributed by atoms with van der Waals surface area (Å²) in [5.74, 6) is 1.31. The number of carbonyl (C=O) groups excluding carboxylic acids is 2. The average Bonchev–Trinajstić information content (AvgIpc) is 3.08. The van der Waals surface area contributed by atoms with Crippen LogP contribution in [0.25, 0.3) is 0 Å². The van der Waals surface area contributed by atoms with Gasteiger partial charge in [0.2, 0.25) is 0 Å². The summed E-state index contributed by atoms with van der Waals surface area (Å²) in [6, 6.07) is 25.7. The van der Waals surface area contributed by atoms with E-state index in [0.29, 0.717) is 35.8 Å². The Bertz CT molecular complexity index is 1620. The number of hydrogen-bond acceptors (Lipinski definition) is 8. The normalized spacial score (nSPS) is 9.67. The molecule has 1 amide bonds. The molecule has 4 aromatic carbocycles. The number of aryl methyl sites for hydroxylation is 3. The minimum absolute atomic E-state index is 0.